The molecule has 2 aliphatic rings. The van der Waals surface area contributed by atoms with Crippen LogP contribution in [0.4, 0.5) is 0 Å². The van der Waals surface area contributed by atoms with Gasteiger partial charge in [0, 0.05) is 16.9 Å². The molecule has 1 saturated carbocycles. The number of benzene rings is 1. The number of rotatable bonds is 2. The molecule has 0 unspecified atom stereocenters. The number of aromatic nitrogens is 1. The summed E-state index contributed by atoms with van der Waals surface area (Å²) in [5.74, 6) is 6.82. The zero-order valence-electron chi connectivity index (χ0n) is 13.2. The Balaban J connectivity index is 1.52. The first kappa shape index (κ1) is 16.5. The van der Waals surface area contributed by atoms with E-state index in [4.69, 9.17) is 12.2 Å². The second-order valence-electron chi connectivity index (χ2n) is 5.93. The molecule has 1 amide bonds. The Morgan fingerprint density at radius 1 is 1.32 bits per heavy atom. The number of amides is 1. The summed E-state index contributed by atoms with van der Waals surface area (Å²) >= 11 is 7.90. The van der Waals surface area contributed by atoms with Gasteiger partial charge in [0.1, 0.15) is 4.32 Å². The molecule has 4 rings (SSSR count). The van der Waals surface area contributed by atoms with Gasteiger partial charge in [-0.3, -0.25) is 4.79 Å². The zero-order valence-corrected chi connectivity index (χ0v) is 15.7. The Morgan fingerprint density at radius 2 is 2.20 bits per heavy atom. The summed E-state index contributed by atoms with van der Waals surface area (Å²) in [7, 11) is 0. The molecule has 124 valence electrons. The lowest BCUT2D eigenvalue weighted by Gasteiger charge is -2.22. The number of nitrogens with zero attached hydrogens (tertiary/aromatic N) is 1. The second kappa shape index (κ2) is 7.12. The highest BCUT2D eigenvalue weighted by Gasteiger charge is 2.22. The van der Waals surface area contributed by atoms with Crippen molar-refractivity contribution in [1.29, 1.82) is 0 Å². The van der Waals surface area contributed by atoms with Gasteiger partial charge >= 0.3 is 0 Å². The smallest absolute Gasteiger partial charge is 0.263 e. The van der Waals surface area contributed by atoms with E-state index in [1.165, 1.54) is 36.7 Å². The molecule has 1 N–H and O–H groups in total. The van der Waals surface area contributed by atoms with Gasteiger partial charge in [-0.1, -0.05) is 48.5 Å². The van der Waals surface area contributed by atoms with Crippen LogP contribution >= 0.6 is 35.3 Å². The third-order valence-corrected chi connectivity index (χ3v) is 6.12. The summed E-state index contributed by atoms with van der Waals surface area (Å²) in [5.41, 5.74) is 3.03. The quantitative estimate of drug-likeness (QED) is 0.478. The molecular formula is C19H14N2OS3. The molecule has 1 aromatic carbocycles. The third kappa shape index (κ3) is 3.84. The summed E-state index contributed by atoms with van der Waals surface area (Å²) in [6.45, 7) is 0. The first-order chi connectivity index (χ1) is 12.2. The van der Waals surface area contributed by atoms with Crippen molar-refractivity contribution in [2.45, 2.75) is 25.2 Å². The molecule has 1 aliphatic heterocycles. The number of hydrogen-bond donors (Lipinski definition) is 1. The van der Waals surface area contributed by atoms with E-state index in [9.17, 15) is 4.79 Å². The van der Waals surface area contributed by atoms with Crippen LogP contribution in [0.2, 0.25) is 0 Å². The van der Waals surface area contributed by atoms with Crippen molar-refractivity contribution in [3.05, 3.63) is 56.4 Å². The maximum Gasteiger partial charge on any atom is 0.263 e. The Hall–Kier alpha value is -1.94. The number of carbonyl (C=O) groups excluding carboxylic acids is 1. The second-order valence-corrected chi connectivity index (χ2v) is 8.51. The molecule has 3 nitrogen and oxygen atoms in total. The zero-order chi connectivity index (χ0) is 17.2. The number of thiocarbonyl (C=S) groups is 1. The van der Waals surface area contributed by atoms with Gasteiger partial charge < -0.3 is 5.32 Å². The largest absolute Gasteiger partial charge is 0.307 e. The molecule has 2 heterocycles. The fourth-order valence-electron chi connectivity index (χ4n) is 2.64. The van der Waals surface area contributed by atoms with Gasteiger partial charge in [0.05, 0.1) is 10.6 Å². The lowest BCUT2D eigenvalue weighted by molar-refractivity contribution is -0.115. The number of hydrogen-bond acceptors (Lipinski definition) is 5. The summed E-state index contributed by atoms with van der Waals surface area (Å²) in [4.78, 5) is 17.0. The molecule has 1 aliphatic carbocycles. The Labute approximate surface area is 159 Å². The fraction of sp³-hybridized carbons (Fsp3) is 0.211. The normalized spacial score (nSPS) is 18.6. The van der Waals surface area contributed by atoms with Crippen LogP contribution in [0.3, 0.4) is 0 Å². The number of nitrogens with one attached hydrogen (secondary N) is 1. The van der Waals surface area contributed by atoms with Gasteiger partial charge in [-0.2, -0.15) is 0 Å². The van der Waals surface area contributed by atoms with Crippen LogP contribution in [0.1, 0.15) is 47.0 Å². The highest BCUT2D eigenvalue weighted by Crippen LogP contribution is 2.36. The summed E-state index contributed by atoms with van der Waals surface area (Å²) in [6, 6.07) is 7.82. The summed E-state index contributed by atoms with van der Waals surface area (Å²) < 4.78 is 0.498. The molecule has 1 saturated heterocycles. The molecule has 25 heavy (non-hydrogen) atoms. The van der Waals surface area contributed by atoms with Gasteiger partial charge in [-0.05, 0) is 42.5 Å². The van der Waals surface area contributed by atoms with Crippen LogP contribution in [0, 0.1) is 11.8 Å². The van der Waals surface area contributed by atoms with Crippen LogP contribution in [-0.4, -0.2) is 15.2 Å². The summed E-state index contributed by atoms with van der Waals surface area (Å²) in [5, 5.41) is 5.62. The number of thioether (sulfide) groups is 1. The first-order valence-electron chi connectivity index (χ1n) is 8.00. The van der Waals surface area contributed by atoms with E-state index in [1.54, 1.807) is 11.3 Å². The topological polar surface area (TPSA) is 42.0 Å². The van der Waals surface area contributed by atoms with Crippen molar-refractivity contribution < 1.29 is 4.79 Å². The SMILES string of the molecule is O=C1NC(=S)S/C1=C\c1cccc(C#Cc2nc(C3CCC3)cs2)c1. The first-order valence-corrected chi connectivity index (χ1v) is 10.1. The molecule has 6 heteroatoms. The molecule has 0 spiro atoms. The standard InChI is InChI=1S/C19H14N2OS3/c22-18-16(25-19(23)21-18)10-13-4-1-3-12(9-13)7-8-17-20-15(11-24-17)14-5-2-6-14/h1,3-4,9-11,14H,2,5-6H2,(H,21,22,23)/b16-10-. The Morgan fingerprint density at radius 3 is 2.92 bits per heavy atom. The van der Waals surface area contributed by atoms with Crippen LogP contribution < -0.4 is 5.32 Å². The van der Waals surface area contributed by atoms with Gasteiger partial charge in [0.25, 0.3) is 5.91 Å². The predicted octanol–water partition coefficient (Wildman–Crippen LogP) is 4.30. The monoisotopic (exact) mass is 382 g/mol. The maximum atomic E-state index is 11.7. The molecule has 1 aromatic heterocycles. The van der Waals surface area contributed by atoms with Gasteiger partial charge in [-0.15, -0.1) is 11.3 Å². The average molecular weight is 383 g/mol. The molecule has 0 bridgehead atoms. The van der Waals surface area contributed by atoms with Crippen molar-refractivity contribution in [3.8, 4) is 11.8 Å². The van der Waals surface area contributed by atoms with Gasteiger partial charge in [0.2, 0.25) is 0 Å². The Kier molecular flexibility index (Phi) is 4.71. The molecule has 0 atom stereocenters. The average Bonchev–Trinajstić information content (AvgIpc) is 3.11. The van der Waals surface area contributed by atoms with Crippen LogP contribution in [0.25, 0.3) is 6.08 Å². The van der Waals surface area contributed by atoms with Crippen LogP contribution in [0.15, 0.2) is 34.6 Å². The van der Waals surface area contributed by atoms with E-state index in [1.807, 2.05) is 30.3 Å². The third-order valence-electron chi connectivity index (χ3n) is 4.19. The highest BCUT2D eigenvalue weighted by molar-refractivity contribution is 8.26. The number of thiazole rings is 1. The van der Waals surface area contributed by atoms with E-state index in [2.05, 4.69) is 27.5 Å². The minimum atomic E-state index is -0.141. The van der Waals surface area contributed by atoms with E-state index >= 15 is 0 Å². The van der Waals surface area contributed by atoms with Gasteiger partial charge in [0.15, 0.2) is 5.01 Å². The lowest BCUT2D eigenvalue weighted by Crippen LogP contribution is -2.17. The maximum absolute atomic E-state index is 11.7. The van der Waals surface area contributed by atoms with Crippen LogP contribution in [-0.2, 0) is 4.79 Å². The molecule has 0 radical (unpaired) electrons. The van der Waals surface area contributed by atoms with Crippen molar-refractivity contribution in [2.75, 3.05) is 0 Å². The molecule has 2 fully saturated rings. The van der Waals surface area contributed by atoms with E-state index in [0.29, 0.717) is 15.1 Å². The van der Waals surface area contributed by atoms with E-state index in [0.717, 1.165) is 16.1 Å². The molecular weight excluding hydrogens is 368 g/mol. The van der Waals surface area contributed by atoms with Gasteiger partial charge in [-0.25, -0.2) is 4.98 Å². The highest BCUT2D eigenvalue weighted by atomic mass is 32.2. The summed E-state index contributed by atoms with van der Waals surface area (Å²) in [6.07, 6.45) is 5.65. The number of carbonyl (C=O) groups is 1. The van der Waals surface area contributed by atoms with Crippen molar-refractivity contribution >= 4 is 51.6 Å². The Bertz CT molecular complexity index is 945. The van der Waals surface area contributed by atoms with Crippen molar-refractivity contribution in [3.63, 3.8) is 0 Å². The van der Waals surface area contributed by atoms with E-state index in [-0.39, 0.29) is 5.91 Å². The van der Waals surface area contributed by atoms with Crippen molar-refractivity contribution in [1.82, 2.24) is 10.3 Å². The minimum Gasteiger partial charge on any atom is -0.307 e. The fourth-order valence-corrected chi connectivity index (χ4v) is 4.43. The van der Waals surface area contributed by atoms with Crippen molar-refractivity contribution in [2.24, 2.45) is 0 Å². The minimum absolute atomic E-state index is 0.141. The van der Waals surface area contributed by atoms with Crippen LogP contribution in [0.5, 0.6) is 0 Å². The predicted molar refractivity (Wildman–Crippen MR) is 107 cm³/mol. The lowest BCUT2D eigenvalue weighted by atomic mass is 9.83. The molecule has 2 aromatic rings. The van der Waals surface area contributed by atoms with E-state index < -0.39 is 0 Å².